The van der Waals surface area contributed by atoms with E-state index in [9.17, 15) is 8.42 Å². The minimum absolute atomic E-state index is 0.152. The van der Waals surface area contributed by atoms with Crippen LogP contribution in [0.3, 0.4) is 0 Å². The minimum atomic E-state index is -3.17. The highest BCUT2D eigenvalue weighted by molar-refractivity contribution is 7.90. The van der Waals surface area contributed by atoms with Crippen LogP contribution in [-0.4, -0.2) is 45.7 Å². The van der Waals surface area contributed by atoms with E-state index < -0.39 is 14.8 Å². The average molecular weight is 310 g/mol. The molecule has 0 radical (unpaired) electrons. The standard InChI is InChI=1S/C14H22N4O2S/c1-9-15-13(17-16-9)12-8-18(7-11(12)10-3-4-10)21(19,20)14(2)5-6-14/h10-12H,3-8H2,1-2H3,(H,15,16,17)/t11-,12+/m0/s1. The molecule has 1 aromatic rings. The van der Waals surface area contributed by atoms with Gasteiger partial charge in [0.1, 0.15) is 5.82 Å². The third-order valence-corrected chi connectivity index (χ3v) is 8.05. The van der Waals surface area contributed by atoms with E-state index in [2.05, 4.69) is 15.2 Å². The predicted molar refractivity (Wildman–Crippen MR) is 78.2 cm³/mol. The Balaban J connectivity index is 1.62. The zero-order valence-corrected chi connectivity index (χ0v) is 13.4. The normalized spacial score (nSPS) is 32.5. The van der Waals surface area contributed by atoms with Crippen LogP contribution in [-0.2, 0) is 10.0 Å². The van der Waals surface area contributed by atoms with Crippen molar-refractivity contribution in [3.63, 3.8) is 0 Å². The lowest BCUT2D eigenvalue weighted by molar-refractivity contribution is 0.420. The number of nitrogens with one attached hydrogen (secondary N) is 1. The van der Waals surface area contributed by atoms with Gasteiger partial charge in [0, 0.05) is 19.0 Å². The van der Waals surface area contributed by atoms with Crippen LogP contribution < -0.4 is 0 Å². The smallest absolute Gasteiger partial charge is 0.219 e. The van der Waals surface area contributed by atoms with Gasteiger partial charge >= 0.3 is 0 Å². The molecule has 2 saturated carbocycles. The number of H-pyrrole nitrogens is 1. The number of rotatable bonds is 4. The Labute approximate surface area is 125 Å². The third kappa shape index (κ3) is 2.12. The first-order valence-electron chi connectivity index (χ1n) is 7.79. The van der Waals surface area contributed by atoms with Gasteiger partial charge in [-0.05, 0) is 51.4 Å². The molecular formula is C14H22N4O2S. The minimum Gasteiger partial charge on any atom is -0.263 e. The molecule has 0 amide bonds. The molecule has 1 N–H and O–H groups in total. The molecule has 3 aliphatic rings. The Morgan fingerprint density at radius 1 is 1.29 bits per heavy atom. The molecule has 4 rings (SSSR count). The van der Waals surface area contributed by atoms with Gasteiger partial charge in [-0.2, -0.15) is 5.10 Å². The van der Waals surface area contributed by atoms with Gasteiger partial charge < -0.3 is 0 Å². The largest absolute Gasteiger partial charge is 0.263 e. The van der Waals surface area contributed by atoms with E-state index in [1.165, 1.54) is 12.8 Å². The molecule has 21 heavy (non-hydrogen) atoms. The van der Waals surface area contributed by atoms with Crippen LogP contribution in [0.25, 0.3) is 0 Å². The average Bonchev–Trinajstić information content (AvgIpc) is 3.32. The number of aromatic nitrogens is 3. The molecule has 2 atom stereocenters. The molecule has 1 aliphatic heterocycles. The fourth-order valence-electron chi connectivity index (χ4n) is 3.53. The lowest BCUT2D eigenvalue weighted by Gasteiger charge is -2.21. The highest BCUT2D eigenvalue weighted by atomic mass is 32.2. The number of aryl methyl sites for hydroxylation is 1. The molecule has 1 aromatic heterocycles. The van der Waals surface area contributed by atoms with Crippen LogP contribution in [0.4, 0.5) is 0 Å². The zero-order valence-electron chi connectivity index (χ0n) is 12.5. The number of nitrogens with zero attached hydrogens (tertiary/aromatic N) is 3. The monoisotopic (exact) mass is 310 g/mol. The van der Waals surface area contributed by atoms with Gasteiger partial charge in [-0.3, -0.25) is 5.10 Å². The summed E-state index contributed by atoms with van der Waals surface area (Å²) in [5, 5.41) is 7.19. The highest BCUT2D eigenvalue weighted by Gasteiger charge is 2.56. The van der Waals surface area contributed by atoms with Gasteiger partial charge in [-0.1, -0.05) is 0 Å². The quantitative estimate of drug-likeness (QED) is 0.912. The summed E-state index contributed by atoms with van der Waals surface area (Å²) in [6.45, 7) is 4.97. The molecule has 0 spiro atoms. The summed E-state index contributed by atoms with van der Waals surface area (Å²) in [7, 11) is -3.17. The fourth-order valence-corrected chi connectivity index (χ4v) is 5.50. The van der Waals surface area contributed by atoms with E-state index in [0.717, 1.165) is 24.5 Å². The summed E-state index contributed by atoms with van der Waals surface area (Å²) in [5.41, 5.74) is 0. The van der Waals surface area contributed by atoms with Gasteiger partial charge in [0.2, 0.25) is 10.0 Å². The fraction of sp³-hybridized carbons (Fsp3) is 0.857. The van der Waals surface area contributed by atoms with E-state index in [1.54, 1.807) is 4.31 Å². The second kappa shape index (κ2) is 4.29. The van der Waals surface area contributed by atoms with Crippen molar-refractivity contribution in [3.8, 4) is 0 Å². The van der Waals surface area contributed by atoms with E-state index in [-0.39, 0.29) is 5.92 Å². The van der Waals surface area contributed by atoms with Crippen molar-refractivity contribution < 1.29 is 8.42 Å². The van der Waals surface area contributed by atoms with Crippen LogP contribution in [0.15, 0.2) is 0 Å². The number of hydrogen-bond donors (Lipinski definition) is 1. The van der Waals surface area contributed by atoms with Crippen molar-refractivity contribution in [2.75, 3.05) is 13.1 Å². The molecule has 3 fully saturated rings. The van der Waals surface area contributed by atoms with Crippen molar-refractivity contribution in [2.24, 2.45) is 11.8 Å². The Bertz CT molecular complexity index is 660. The summed E-state index contributed by atoms with van der Waals surface area (Å²) < 4.78 is 26.7. The van der Waals surface area contributed by atoms with Gasteiger partial charge in [-0.25, -0.2) is 17.7 Å². The molecule has 116 valence electrons. The van der Waals surface area contributed by atoms with Crippen LogP contribution in [0.1, 0.15) is 50.2 Å². The lowest BCUT2D eigenvalue weighted by atomic mass is 9.91. The maximum absolute atomic E-state index is 12.8. The van der Waals surface area contributed by atoms with Crippen molar-refractivity contribution in [1.29, 1.82) is 0 Å². The molecule has 2 aliphatic carbocycles. The third-order valence-electron chi connectivity index (χ3n) is 5.42. The number of sulfonamides is 1. The molecule has 7 heteroatoms. The molecule has 0 unspecified atom stereocenters. The summed E-state index contributed by atoms with van der Waals surface area (Å²) in [5.74, 6) is 2.79. The van der Waals surface area contributed by atoms with Crippen LogP contribution in [0.2, 0.25) is 0 Å². The highest BCUT2D eigenvalue weighted by Crippen LogP contribution is 2.51. The first kappa shape index (κ1) is 13.7. The van der Waals surface area contributed by atoms with Crippen molar-refractivity contribution in [3.05, 3.63) is 11.6 Å². The van der Waals surface area contributed by atoms with Crippen molar-refractivity contribution >= 4 is 10.0 Å². The maximum atomic E-state index is 12.8. The second-order valence-electron chi connectivity index (χ2n) is 7.16. The molecule has 6 nitrogen and oxygen atoms in total. The Kier molecular flexibility index (Phi) is 2.80. The topological polar surface area (TPSA) is 79.0 Å². The second-order valence-corrected chi connectivity index (χ2v) is 9.61. The van der Waals surface area contributed by atoms with Crippen molar-refractivity contribution in [1.82, 2.24) is 19.5 Å². The molecule has 0 bridgehead atoms. The summed E-state index contributed by atoms with van der Waals surface area (Å²) in [6.07, 6.45) is 4.03. The van der Waals surface area contributed by atoms with E-state index >= 15 is 0 Å². The lowest BCUT2D eigenvalue weighted by Crippen LogP contribution is -2.37. The molecular weight excluding hydrogens is 288 g/mol. The first-order valence-corrected chi connectivity index (χ1v) is 9.23. The first-order chi connectivity index (χ1) is 9.91. The molecule has 2 heterocycles. The van der Waals surface area contributed by atoms with Gasteiger partial charge in [0.05, 0.1) is 4.75 Å². The van der Waals surface area contributed by atoms with Crippen LogP contribution in [0.5, 0.6) is 0 Å². The Morgan fingerprint density at radius 2 is 2.00 bits per heavy atom. The summed E-state index contributed by atoms with van der Waals surface area (Å²) in [6, 6.07) is 0. The van der Waals surface area contributed by atoms with E-state index in [0.29, 0.717) is 24.9 Å². The van der Waals surface area contributed by atoms with Gasteiger partial charge in [0.25, 0.3) is 0 Å². The predicted octanol–water partition coefficient (Wildman–Crippen LogP) is 1.42. The molecule has 0 aromatic carbocycles. The van der Waals surface area contributed by atoms with E-state index in [4.69, 9.17) is 0 Å². The summed E-state index contributed by atoms with van der Waals surface area (Å²) >= 11 is 0. The Hall–Kier alpha value is -0.950. The number of aromatic amines is 1. The van der Waals surface area contributed by atoms with Gasteiger partial charge in [-0.15, -0.1) is 0 Å². The Morgan fingerprint density at radius 3 is 2.52 bits per heavy atom. The summed E-state index contributed by atoms with van der Waals surface area (Å²) in [4.78, 5) is 4.46. The van der Waals surface area contributed by atoms with Gasteiger partial charge in [0.15, 0.2) is 5.82 Å². The number of hydrogen-bond acceptors (Lipinski definition) is 4. The molecule has 1 saturated heterocycles. The van der Waals surface area contributed by atoms with Crippen LogP contribution >= 0.6 is 0 Å². The zero-order chi connectivity index (χ0) is 14.8. The van der Waals surface area contributed by atoms with Crippen molar-refractivity contribution in [2.45, 2.75) is 50.2 Å². The van der Waals surface area contributed by atoms with Crippen LogP contribution in [0, 0.1) is 18.8 Å². The van der Waals surface area contributed by atoms with E-state index in [1.807, 2.05) is 13.8 Å². The maximum Gasteiger partial charge on any atom is 0.219 e. The SMILES string of the molecule is Cc1nc([C@@H]2CN(S(=O)(=O)C3(C)CC3)C[C@H]2C2CC2)n[nH]1.